The fraction of sp³-hybridized carbons (Fsp3) is 0.453. The molecule has 1 unspecified atom stereocenters. The highest BCUT2D eigenvalue weighted by Gasteiger charge is 2.44. The van der Waals surface area contributed by atoms with E-state index >= 15 is 0 Å². The topological polar surface area (TPSA) is 112 Å². The van der Waals surface area contributed by atoms with Gasteiger partial charge in [-0.15, -0.1) is 0 Å². The molecule has 0 radical (unpaired) electrons. The minimum absolute atomic E-state index is 0.316. The normalized spacial score (nSPS) is 20.3. The molecule has 340 valence electrons. The minimum Gasteiger partial charge on any atom is -0.381 e. The fourth-order valence-corrected chi connectivity index (χ4v) is 12.1. The zero-order valence-electron chi connectivity index (χ0n) is 38.0. The number of aryl methyl sites for hydroxylation is 1. The maximum Gasteiger partial charge on any atom is 0.210 e. The van der Waals surface area contributed by atoms with Gasteiger partial charge in [0.15, 0.2) is 0 Å². The molecule has 4 saturated heterocycles. The molecular formula is C53H59ClN10O2. The Bertz CT molecular complexity index is 2750. The number of rotatable bonds is 10. The number of amides is 1. The summed E-state index contributed by atoms with van der Waals surface area (Å²) >= 11 is 6.42. The van der Waals surface area contributed by atoms with Crippen LogP contribution in [0.2, 0.25) is 5.02 Å². The number of anilines is 3. The molecule has 3 aromatic carbocycles. The maximum atomic E-state index is 11.9. The summed E-state index contributed by atoms with van der Waals surface area (Å²) in [4.78, 5) is 26.3. The highest BCUT2D eigenvalue weighted by atomic mass is 35.5. The molecule has 0 bridgehead atoms. The van der Waals surface area contributed by atoms with Gasteiger partial charge in [0.1, 0.15) is 6.07 Å². The molecule has 3 aromatic heterocycles. The van der Waals surface area contributed by atoms with E-state index in [2.05, 4.69) is 97.9 Å². The van der Waals surface area contributed by atoms with E-state index in [-0.39, 0.29) is 0 Å². The van der Waals surface area contributed by atoms with Crippen LogP contribution in [0, 0.1) is 22.7 Å². The highest BCUT2D eigenvalue weighted by molar-refractivity contribution is 6.32. The lowest BCUT2D eigenvalue weighted by molar-refractivity contribution is -0.118. The van der Waals surface area contributed by atoms with E-state index in [0.717, 1.165) is 136 Å². The lowest BCUT2D eigenvalue weighted by atomic mass is 9.76. The van der Waals surface area contributed by atoms with Gasteiger partial charge in [0, 0.05) is 135 Å². The van der Waals surface area contributed by atoms with Crippen molar-refractivity contribution in [2.75, 3.05) is 67.2 Å². The Balaban J connectivity index is 0.678. The Labute approximate surface area is 392 Å². The Morgan fingerprint density at radius 1 is 0.909 bits per heavy atom. The van der Waals surface area contributed by atoms with Crippen LogP contribution in [-0.4, -0.2) is 94.4 Å². The Hall–Kier alpha value is -5.90. The second-order valence-electron chi connectivity index (χ2n) is 19.7. The first-order valence-corrected chi connectivity index (χ1v) is 24.6. The molecule has 8 heterocycles. The molecule has 11 rings (SSSR count). The summed E-state index contributed by atoms with van der Waals surface area (Å²) in [5, 5.41) is 22.1. The number of carbonyl (C=O) groups is 1. The number of aromatic nitrogens is 5. The van der Waals surface area contributed by atoms with Gasteiger partial charge in [-0.25, -0.2) is 0 Å². The quantitative estimate of drug-likeness (QED) is 0.124. The average Bonchev–Trinajstić information content (AvgIpc) is 4.09. The van der Waals surface area contributed by atoms with Crippen molar-refractivity contribution in [3.63, 3.8) is 0 Å². The van der Waals surface area contributed by atoms with Crippen molar-refractivity contribution in [2.45, 2.75) is 89.9 Å². The largest absolute Gasteiger partial charge is 0.381 e. The number of carbonyl (C=O) groups excluding carboxylic acids is 1. The number of halogens is 1. The van der Waals surface area contributed by atoms with Crippen LogP contribution in [0.15, 0.2) is 85.3 Å². The molecule has 5 aliphatic rings. The van der Waals surface area contributed by atoms with Gasteiger partial charge >= 0.3 is 0 Å². The van der Waals surface area contributed by atoms with Crippen LogP contribution in [0.1, 0.15) is 81.2 Å². The van der Waals surface area contributed by atoms with Gasteiger partial charge in [0.25, 0.3) is 0 Å². The number of hydrogen-bond acceptors (Lipinski definition) is 9. The van der Waals surface area contributed by atoms with Crippen LogP contribution in [0.25, 0.3) is 33.3 Å². The summed E-state index contributed by atoms with van der Waals surface area (Å²) in [6, 6.07) is 26.7. The van der Waals surface area contributed by atoms with E-state index in [4.69, 9.17) is 31.5 Å². The second kappa shape index (κ2) is 18.1. The van der Waals surface area contributed by atoms with Gasteiger partial charge in [-0.05, 0) is 124 Å². The van der Waals surface area contributed by atoms with E-state index in [1.807, 2.05) is 29.4 Å². The number of ether oxygens (including phenoxy) is 1. The van der Waals surface area contributed by atoms with Crippen LogP contribution >= 0.6 is 11.6 Å². The van der Waals surface area contributed by atoms with Crippen LogP contribution in [0.5, 0.6) is 0 Å². The number of nitrogens with zero attached hydrogens (tertiary/aromatic N) is 10. The van der Waals surface area contributed by atoms with Gasteiger partial charge in [-0.1, -0.05) is 29.8 Å². The van der Waals surface area contributed by atoms with Crippen molar-refractivity contribution >= 4 is 45.8 Å². The number of fused-ring (bicyclic) bond motifs is 2. The predicted molar refractivity (Wildman–Crippen MR) is 261 cm³/mol. The maximum absolute atomic E-state index is 11.9. The third-order valence-corrected chi connectivity index (χ3v) is 16.0. The van der Waals surface area contributed by atoms with Crippen molar-refractivity contribution < 1.29 is 9.53 Å². The predicted octanol–water partition coefficient (Wildman–Crippen LogP) is 9.54. The van der Waals surface area contributed by atoms with E-state index in [9.17, 15) is 10.1 Å². The van der Waals surface area contributed by atoms with E-state index in [1.54, 1.807) is 0 Å². The lowest BCUT2D eigenvalue weighted by Crippen LogP contribution is -2.41. The van der Waals surface area contributed by atoms with Crippen LogP contribution in [0.3, 0.4) is 0 Å². The summed E-state index contributed by atoms with van der Waals surface area (Å²) in [6.07, 6.45) is 16.8. The van der Waals surface area contributed by atoms with Gasteiger partial charge in [-0.3, -0.25) is 19.1 Å². The first-order chi connectivity index (χ1) is 32.3. The second-order valence-corrected chi connectivity index (χ2v) is 20.1. The average molecular weight is 904 g/mol. The number of nitriles is 1. The van der Waals surface area contributed by atoms with E-state index in [1.165, 1.54) is 49.2 Å². The standard InChI is InChI=1S/C53H59ClN10O2/c1-37-29-53(35-63(37)45-6-5-40(30-55)49(54)28-45)17-23-61(24-18-53)43-9-7-42(8-10-43)60-20-11-38(12-21-60)13-22-62-33-41(31-57-62)50-27-39-3-2-4-46(47(39)32-56-50)52-48-34-59(36-65)19-14-51(48)64(58-52)44-15-25-66-26-16-44/h2-10,27-28,31-33,36-38,44H,11-26,29,34-35H2,1H3. The van der Waals surface area contributed by atoms with Crippen LogP contribution in [0.4, 0.5) is 17.1 Å². The first-order valence-electron chi connectivity index (χ1n) is 24.2. The van der Waals surface area contributed by atoms with Crippen molar-refractivity contribution in [3.05, 3.63) is 107 Å². The smallest absolute Gasteiger partial charge is 0.210 e. The van der Waals surface area contributed by atoms with Gasteiger partial charge in [0.05, 0.1) is 34.2 Å². The Kier molecular flexibility index (Phi) is 11.7. The van der Waals surface area contributed by atoms with Crippen molar-refractivity contribution in [1.29, 1.82) is 5.26 Å². The summed E-state index contributed by atoms with van der Waals surface area (Å²) < 4.78 is 10.0. The molecule has 12 nitrogen and oxygen atoms in total. The van der Waals surface area contributed by atoms with Crippen molar-refractivity contribution in [1.82, 2.24) is 29.4 Å². The number of hydrogen-bond donors (Lipinski definition) is 0. The third kappa shape index (κ3) is 8.30. The number of piperidine rings is 2. The summed E-state index contributed by atoms with van der Waals surface area (Å²) in [5.74, 6) is 0.675. The third-order valence-electron chi connectivity index (χ3n) is 15.7. The highest BCUT2D eigenvalue weighted by Crippen LogP contribution is 2.46. The van der Waals surface area contributed by atoms with Gasteiger partial charge < -0.3 is 24.3 Å². The molecule has 1 spiro atoms. The monoisotopic (exact) mass is 902 g/mol. The van der Waals surface area contributed by atoms with Crippen LogP contribution in [-0.2, 0) is 29.0 Å². The van der Waals surface area contributed by atoms with Gasteiger partial charge in [-0.2, -0.15) is 15.5 Å². The SMILES string of the molecule is CC1CC2(CCN(c3ccc(N4CCC(CCn5cc(-c6cc7cccc(-c8nn(C9CCOCC9)c9c8CN(C=O)CC9)c7cn6)cn5)CC4)cc3)CC2)CN1c1ccc(C#N)c(Cl)c1. The zero-order valence-corrected chi connectivity index (χ0v) is 38.7. The van der Waals surface area contributed by atoms with Crippen molar-refractivity contribution in [2.24, 2.45) is 11.3 Å². The molecule has 66 heavy (non-hydrogen) atoms. The lowest BCUT2D eigenvalue weighted by Gasteiger charge is -2.40. The fourth-order valence-electron chi connectivity index (χ4n) is 11.9. The number of benzene rings is 3. The minimum atomic E-state index is 0.316. The molecule has 0 aliphatic carbocycles. The molecule has 1 amide bonds. The molecule has 4 fully saturated rings. The Morgan fingerprint density at radius 2 is 1.67 bits per heavy atom. The first kappa shape index (κ1) is 42.7. The molecule has 0 N–H and O–H groups in total. The molecule has 0 saturated carbocycles. The van der Waals surface area contributed by atoms with Gasteiger partial charge in [0.2, 0.25) is 6.41 Å². The van der Waals surface area contributed by atoms with Crippen LogP contribution < -0.4 is 14.7 Å². The summed E-state index contributed by atoms with van der Waals surface area (Å²) in [6.45, 7) is 11.4. The van der Waals surface area contributed by atoms with Crippen molar-refractivity contribution in [3.8, 4) is 28.6 Å². The number of pyridine rings is 1. The molecule has 6 aromatic rings. The van der Waals surface area contributed by atoms with E-state index in [0.29, 0.717) is 40.5 Å². The molecule has 1 atom stereocenters. The summed E-state index contributed by atoms with van der Waals surface area (Å²) in [7, 11) is 0. The van der Waals surface area contributed by atoms with E-state index < -0.39 is 0 Å². The molecule has 5 aliphatic heterocycles. The molecule has 13 heteroatoms. The molecular weight excluding hydrogens is 844 g/mol. The summed E-state index contributed by atoms with van der Waals surface area (Å²) in [5.41, 5.74) is 11.0. The Morgan fingerprint density at radius 3 is 2.41 bits per heavy atom. The zero-order chi connectivity index (χ0) is 44.8.